The van der Waals surface area contributed by atoms with Crippen molar-refractivity contribution in [2.75, 3.05) is 25.0 Å². The molecule has 1 aliphatic carbocycles. The second kappa shape index (κ2) is 5.29. The summed E-state index contributed by atoms with van der Waals surface area (Å²) in [5, 5.41) is 10.3. The van der Waals surface area contributed by atoms with Crippen molar-refractivity contribution >= 4 is 33.1 Å². The number of anilines is 1. The minimum absolute atomic E-state index is 0.00575. The minimum Gasteiger partial charge on any atom is -0.353 e. The molecule has 2 N–H and O–H groups in total. The summed E-state index contributed by atoms with van der Waals surface area (Å²) in [6, 6.07) is -0.00575. The molecule has 0 bridgehead atoms. The van der Waals surface area contributed by atoms with Crippen LogP contribution in [-0.2, 0) is 10.2 Å². The lowest BCUT2D eigenvalue weighted by molar-refractivity contribution is 0.0207. The van der Waals surface area contributed by atoms with Crippen LogP contribution in [-0.4, -0.2) is 53.5 Å². The molecule has 8 nitrogen and oxygen atoms in total. The molecule has 1 aliphatic heterocycles. The summed E-state index contributed by atoms with van der Waals surface area (Å²) in [7, 11) is -2.07. The van der Waals surface area contributed by atoms with E-state index in [-0.39, 0.29) is 11.5 Å². The van der Waals surface area contributed by atoms with E-state index in [0.717, 1.165) is 42.8 Å². The van der Waals surface area contributed by atoms with Crippen LogP contribution in [0.2, 0.25) is 5.02 Å². The third kappa shape index (κ3) is 2.61. The van der Waals surface area contributed by atoms with Crippen LogP contribution in [0.3, 0.4) is 0 Å². The van der Waals surface area contributed by atoms with Gasteiger partial charge < -0.3 is 4.90 Å². The predicted octanol–water partition coefficient (Wildman–Crippen LogP) is 1.10. The highest BCUT2D eigenvalue weighted by atomic mass is 35.5. The van der Waals surface area contributed by atoms with Gasteiger partial charge in [-0.2, -0.15) is 17.8 Å². The molecule has 136 valence electrons. The maximum absolute atomic E-state index is 11.5. The molecular weight excluding hydrogens is 364 g/mol. The lowest BCUT2D eigenvalue weighted by Gasteiger charge is -2.60. The maximum Gasteiger partial charge on any atom is 0.276 e. The molecule has 0 unspecified atom stereocenters. The van der Waals surface area contributed by atoms with E-state index in [1.165, 1.54) is 4.31 Å². The predicted molar refractivity (Wildman–Crippen MR) is 96.0 cm³/mol. The van der Waals surface area contributed by atoms with Gasteiger partial charge in [0.1, 0.15) is 11.3 Å². The van der Waals surface area contributed by atoms with Gasteiger partial charge in [-0.1, -0.05) is 11.6 Å². The van der Waals surface area contributed by atoms with Gasteiger partial charge in [0.25, 0.3) is 10.2 Å². The highest BCUT2D eigenvalue weighted by Gasteiger charge is 2.55. The summed E-state index contributed by atoms with van der Waals surface area (Å²) in [4.78, 5) is 6.85. The van der Waals surface area contributed by atoms with Crippen LogP contribution < -0.4 is 10.0 Å². The van der Waals surface area contributed by atoms with Crippen molar-refractivity contribution < 1.29 is 8.42 Å². The number of hydrogen-bond acceptors (Lipinski definition) is 5. The van der Waals surface area contributed by atoms with Crippen LogP contribution in [0, 0.1) is 19.3 Å². The summed E-state index contributed by atoms with van der Waals surface area (Å²) in [6.07, 6.45) is 3.47. The van der Waals surface area contributed by atoms with E-state index < -0.39 is 10.2 Å². The van der Waals surface area contributed by atoms with Gasteiger partial charge in [0.2, 0.25) is 0 Å². The quantitative estimate of drug-likeness (QED) is 0.854. The van der Waals surface area contributed by atoms with Crippen LogP contribution in [0.15, 0.2) is 6.20 Å². The zero-order valence-electron chi connectivity index (χ0n) is 14.4. The highest BCUT2D eigenvalue weighted by Crippen LogP contribution is 2.51. The topological polar surface area (TPSA) is 96.8 Å². The second-order valence-corrected chi connectivity index (χ2v) is 9.37. The molecule has 2 aromatic heterocycles. The molecule has 2 aromatic rings. The zero-order valence-corrected chi connectivity index (χ0v) is 16.0. The number of fused-ring (bicyclic) bond motifs is 1. The monoisotopic (exact) mass is 384 g/mol. The number of aryl methyl sites for hydroxylation is 2. The molecule has 0 atom stereocenters. The molecule has 1 spiro atoms. The molecule has 2 aliphatic rings. The van der Waals surface area contributed by atoms with Crippen LogP contribution in [0.25, 0.3) is 5.52 Å². The van der Waals surface area contributed by atoms with Crippen molar-refractivity contribution in [3.63, 3.8) is 0 Å². The number of hydrogen-bond donors (Lipinski definition) is 1. The SMILES string of the molecule is Cc1nc(N2CC3(CC(N(C)S(N)(=O)=O)C3)C2)c2c(C)c(Cl)cn2n1. The van der Waals surface area contributed by atoms with Crippen molar-refractivity contribution in [1.82, 2.24) is 18.9 Å². The summed E-state index contributed by atoms with van der Waals surface area (Å²) in [6.45, 7) is 5.55. The molecule has 10 heteroatoms. The third-order valence-electron chi connectivity index (χ3n) is 5.52. The third-order valence-corrected chi connectivity index (χ3v) is 7.00. The molecule has 3 heterocycles. The standard InChI is InChI=1S/C15H21ClN6O2S/c1-9-12(16)6-22-13(9)14(18-10(2)19-22)21-7-15(8-21)4-11(5-15)20(3)25(17,23)24/h6,11H,4-5,7-8H2,1-3H3,(H2,17,23,24). The first-order chi connectivity index (χ1) is 11.6. The van der Waals surface area contributed by atoms with E-state index in [2.05, 4.69) is 15.0 Å². The Hall–Kier alpha value is -1.42. The van der Waals surface area contributed by atoms with E-state index >= 15 is 0 Å². The Morgan fingerprint density at radius 3 is 2.60 bits per heavy atom. The van der Waals surface area contributed by atoms with E-state index in [1.807, 2.05) is 13.8 Å². The Morgan fingerprint density at radius 2 is 2.00 bits per heavy atom. The summed E-state index contributed by atoms with van der Waals surface area (Å²) >= 11 is 6.25. The highest BCUT2D eigenvalue weighted by molar-refractivity contribution is 7.86. The van der Waals surface area contributed by atoms with Crippen molar-refractivity contribution in [2.24, 2.45) is 10.6 Å². The zero-order chi connectivity index (χ0) is 18.1. The molecule has 0 amide bonds. The molecular formula is C15H21ClN6O2S. The first-order valence-electron chi connectivity index (χ1n) is 8.12. The molecule has 0 radical (unpaired) electrons. The van der Waals surface area contributed by atoms with E-state index in [9.17, 15) is 8.42 Å². The number of rotatable bonds is 3. The van der Waals surface area contributed by atoms with Gasteiger partial charge in [-0.05, 0) is 32.3 Å². The number of halogens is 1. The number of nitrogens with two attached hydrogens (primary N) is 1. The van der Waals surface area contributed by atoms with Gasteiger partial charge in [-0.15, -0.1) is 0 Å². The van der Waals surface area contributed by atoms with E-state index in [4.69, 9.17) is 16.7 Å². The normalized spacial score (nSPS) is 20.3. The molecule has 1 saturated carbocycles. The molecule has 1 saturated heterocycles. The van der Waals surface area contributed by atoms with Gasteiger partial charge >= 0.3 is 0 Å². The summed E-state index contributed by atoms with van der Waals surface area (Å²) in [5.41, 5.74) is 2.06. The van der Waals surface area contributed by atoms with Crippen LogP contribution >= 0.6 is 11.6 Å². The summed E-state index contributed by atoms with van der Waals surface area (Å²) in [5.74, 6) is 1.58. The fourth-order valence-electron chi connectivity index (χ4n) is 4.08. The first-order valence-corrected chi connectivity index (χ1v) is 10.0. The lowest BCUT2D eigenvalue weighted by Crippen LogP contribution is -2.67. The molecule has 4 rings (SSSR count). The van der Waals surface area contributed by atoms with Crippen molar-refractivity contribution in [3.8, 4) is 0 Å². The molecule has 2 fully saturated rings. The number of aromatic nitrogens is 3. The average Bonchev–Trinajstić information content (AvgIpc) is 2.69. The van der Waals surface area contributed by atoms with Crippen molar-refractivity contribution in [3.05, 3.63) is 22.6 Å². The second-order valence-electron chi connectivity index (χ2n) is 7.36. The Bertz CT molecular complexity index is 958. The maximum atomic E-state index is 11.5. The fourth-order valence-corrected chi connectivity index (χ4v) is 4.83. The largest absolute Gasteiger partial charge is 0.353 e. The van der Waals surface area contributed by atoms with Gasteiger partial charge in [-0.25, -0.2) is 14.6 Å². The molecule has 0 aromatic carbocycles. The van der Waals surface area contributed by atoms with Crippen molar-refractivity contribution in [2.45, 2.75) is 32.7 Å². The lowest BCUT2D eigenvalue weighted by atomic mass is 9.60. The van der Waals surface area contributed by atoms with Crippen molar-refractivity contribution in [1.29, 1.82) is 0 Å². The summed E-state index contributed by atoms with van der Waals surface area (Å²) < 4.78 is 26.0. The van der Waals surface area contributed by atoms with Crippen LogP contribution in [0.1, 0.15) is 24.2 Å². The van der Waals surface area contributed by atoms with E-state index in [0.29, 0.717) is 10.8 Å². The Kier molecular flexibility index (Phi) is 3.60. The fraction of sp³-hybridized carbons (Fsp3) is 0.600. The Labute approximate surface area is 151 Å². The minimum atomic E-state index is -3.62. The average molecular weight is 385 g/mol. The van der Waals surface area contributed by atoms with Gasteiger partial charge in [-0.3, -0.25) is 0 Å². The number of nitrogens with zero attached hydrogens (tertiary/aromatic N) is 5. The van der Waals surface area contributed by atoms with E-state index in [1.54, 1.807) is 17.8 Å². The van der Waals surface area contributed by atoms with Crippen LogP contribution in [0.5, 0.6) is 0 Å². The van der Waals surface area contributed by atoms with Crippen LogP contribution in [0.4, 0.5) is 5.82 Å². The van der Waals surface area contributed by atoms with Gasteiger partial charge in [0.15, 0.2) is 5.82 Å². The smallest absolute Gasteiger partial charge is 0.276 e. The van der Waals surface area contributed by atoms with Gasteiger partial charge in [0, 0.05) is 37.8 Å². The Balaban J connectivity index is 1.53. The van der Waals surface area contributed by atoms with Gasteiger partial charge in [0.05, 0.1) is 5.02 Å². The molecule has 25 heavy (non-hydrogen) atoms. The Morgan fingerprint density at radius 1 is 1.36 bits per heavy atom. The first kappa shape index (κ1) is 17.0.